The van der Waals surface area contributed by atoms with Gasteiger partial charge in [0.2, 0.25) is 0 Å². The van der Waals surface area contributed by atoms with Gasteiger partial charge in [-0.25, -0.2) is 0 Å². The van der Waals surface area contributed by atoms with Gasteiger partial charge >= 0.3 is 0 Å². The SMILES string of the molecule is CCCCC(CNC)Cc1ccccc1OCC. The molecule has 0 spiro atoms. The second-order valence-electron chi connectivity index (χ2n) is 4.81. The van der Waals surface area contributed by atoms with E-state index in [0.29, 0.717) is 5.92 Å². The molecule has 1 atom stereocenters. The van der Waals surface area contributed by atoms with Crippen LogP contribution in [0.25, 0.3) is 0 Å². The Kier molecular flexibility index (Phi) is 7.51. The highest BCUT2D eigenvalue weighted by Gasteiger charge is 2.11. The maximum absolute atomic E-state index is 5.70. The second kappa shape index (κ2) is 8.98. The summed E-state index contributed by atoms with van der Waals surface area (Å²) in [5.74, 6) is 1.76. The lowest BCUT2D eigenvalue weighted by atomic mass is 9.93. The van der Waals surface area contributed by atoms with Crippen LogP contribution in [0, 0.1) is 5.92 Å². The molecule has 0 aliphatic heterocycles. The first-order valence-corrected chi connectivity index (χ1v) is 7.17. The number of para-hydroxylation sites is 1. The van der Waals surface area contributed by atoms with Gasteiger partial charge in [-0.05, 0) is 50.9 Å². The number of ether oxygens (including phenoxy) is 1. The van der Waals surface area contributed by atoms with Crippen molar-refractivity contribution in [1.82, 2.24) is 5.32 Å². The van der Waals surface area contributed by atoms with E-state index < -0.39 is 0 Å². The van der Waals surface area contributed by atoms with E-state index in [1.165, 1.54) is 24.8 Å². The number of hydrogen-bond donors (Lipinski definition) is 1. The topological polar surface area (TPSA) is 21.3 Å². The first-order valence-electron chi connectivity index (χ1n) is 7.17. The molecule has 0 saturated carbocycles. The third-order valence-corrected chi connectivity index (χ3v) is 3.24. The number of benzene rings is 1. The molecule has 0 bridgehead atoms. The predicted molar refractivity (Wildman–Crippen MR) is 78.3 cm³/mol. The molecule has 0 aliphatic rings. The Hall–Kier alpha value is -1.02. The normalized spacial score (nSPS) is 12.4. The van der Waals surface area contributed by atoms with E-state index in [-0.39, 0.29) is 0 Å². The molecule has 1 rings (SSSR count). The first kappa shape index (κ1) is 15.0. The predicted octanol–water partition coefficient (Wildman–Crippen LogP) is 3.65. The largest absolute Gasteiger partial charge is 0.494 e. The van der Waals surface area contributed by atoms with E-state index in [0.717, 1.165) is 25.3 Å². The zero-order valence-corrected chi connectivity index (χ0v) is 12.0. The molecule has 0 aromatic heterocycles. The Morgan fingerprint density at radius 1 is 1.22 bits per heavy atom. The number of hydrogen-bond acceptors (Lipinski definition) is 2. The van der Waals surface area contributed by atoms with Crippen molar-refractivity contribution in [2.24, 2.45) is 5.92 Å². The molecule has 0 saturated heterocycles. The van der Waals surface area contributed by atoms with Crippen LogP contribution in [0.3, 0.4) is 0 Å². The van der Waals surface area contributed by atoms with E-state index >= 15 is 0 Å². The summed E-state index contributed by atoms with van der Waals surface area (Å²) >= 11 is 0. The van der Waals surface area contributed by atoms with Crippen molar-refractivity contribution in [3.63, 3.8) is 0 Å². The Morgan fingerprint density at radius 2 is 2.00 bits per heavy atom. The van der Waals surface area contributed by atoms with E-state index in [9.17, 15) is 0 Å². The van der Waals surface area contributed by atoms with Crippen LogP contribution in [0.1, 0.15) is 38.7 Å². The quantitative estimate of drug-likeness (QED) is 0.721. The third-order valence-electron chi connectivity index (χ3n) is 3.24. The Balaban J connectivity index is 2.66. The molecule has 2 heteroatoms. The molecule has 0 heterocycles. The molecular formula is C16H27NO. The van der Waals surface area contributed by atoms with Gasteiger partial charge in [0, 0.05) is 0 Å². The van der Waals surface area contributed by atoms with Crippen LogP contribution in [0.2, 0.25) is 0 Å². The zero-order valence-electron chi connectivity index (χ0n) is 12.0. The maximum Gasteiger partial charge on any atom is 0.122 e. The van der Waals surface area contributed by atoms with Crippen LogP contribution in [-0.2, 0) is 6.42 Å². The van der Waals surface area contributed by atoms with Crippen molar-refractivity contribution in [1.29, 1.82) is 0 Å². The van der Waals surface area contributed by atoms with Crippen LogP contribution in [0.15, 0.2) is 24.3 Å². The molecule has 1 aromatic rings. The molecule has 18 heavy (non-hydrogen) atoms. The lowest BCUT2D eigenvalue weighted by Gasteiger charge is -2.18. The molecule has 0 fully saturated rings. The number of rotatable bonds is 9. The minimum absolute atomic E-state index is 0.705. The fourth-order valence-electron chi connectivity index (χ4n) is 2.34. The molecule has 0 amide bonds. The Bertz CT molecular complexity index is 325. The van der Waals surface area contributed by atoms with E-state index in [4.69, 9.17) is 4.74 Å². The maximum atomic E-state index is 5.70. The van der Waals surface area contributed by atoms with E-state index in [1.54, 1.807) is 0 Å². The van der Waals surface area contributed by atoms with Crippen LogP contribution in [-0.4, -0.2) is 20.2 Å². The zero-order chi connectivity index (χ0) is 13.2. The summed E-state index contributed by atoms with van der Waals surface area (Å²) in [5.41, 5.74) is 1.34. The highest BCUT2D eigenvalue weighted by atomic mass is 16.5. The van der Waals surface area contributed by atoms with Crippen molar-refractivity contribution in [2.75, 3.05) is 20.2 Å². The van der Waals surface area contributed by atoms with Gasteiger partial charge in [0.05, 0.1) is 6.61 Å². The average molecular weight is 249 g/mol. The highest BCUT2D eigenvalue weighted by Crippen LogP contribution is 2.23. The summed E-state index contributed by atoms with van der Waals surface area (Å²) in [6.45, 7) is 6.12. The molecular weight excluding hydrogens is 222 g/mol. The van der Waals surface area contributed by atoms with Crippen LogP contribution >= 0.6 is 0 Å². The van der Waals surface area contributed by atoms with Gasteiger partial charge < -0.3 is 10.1 Å². The van der Waals surface area contributed by atoms with Gasteiger partial charge in [-0.3, -0.25) is 0 Å². The first-order chi connectivity index (χ1) is 8.81. The van der Waals surface area contributed by atoms with Gasteiger partial charge in [0.15, 0.2) is 0 Å². The van der Waals surface area contributed by atoms with Crippen LogP contribution in [0.4, 0.5) is 0 Å². The van der Waals surface area contributed by atoms with E-state index in [1.807, 2.05) is 20.0 Å². The highest BCUT2D eigenvalue weighted by molar-refractivity contribution is 5.33. The molecule has 1 aromatic carbocycles. The summed E-state index contributed by atoms with van der Waals surface area (Å²) in [7, 11) is 2.04. The van der Waals surface area contributed by atoms with Crippen molar-refractivity contribution in [3.05, 3.63) is 29.8 Å². The smallest absolute Gasteiger partial charge is 0.122 e. The molecule has 0 radical (unpaired) electrons. The molecule has 2 nitrogen and oxygen atoms in total. The fourth-order valence-corrected chi connectivity index (χ4v) is 2.34. The van der Waals surface area contributed by atoms with Crippen molar-refractivity contribution >= 4 is 0 Å². The summed E-state index contributed by atoms with van der Waals surface area (Å²) in [4.78, 5) is 0. The standard InChI is InChI=1S/C16H27NO/c1-4-6-9-14(13-17-3)12-15-10-7-8-11-16(15)18-5-2/h7-8,10-11,14,17H,4-6,9,12-13H2,1-3H3. The lowest BCUT2D eigenvalue weighted by molar-refractivity contribution is 0.332. The Morgan fingerprint density at radius 3 is 2.67 bits per heavy atom. The van der Waals surface area contributed by atoms with E-state index in [2.05, 4.69) is 30.4 Å². The van der Waals surface area contributed by atoms with Gasteiger partial charge in [-0.2, -0.15) is 0 Å². The summed E-state index contributed by atoms with van der Waals surface area (Å²) < 4.78 is 5.70. The number of nitrogens with one attached hydrogen (secondary N) is 1. The number of unbranched alkanes of at least 4 members (excludes halogenated alkanes) is 1. The fraction of sp³-hybridized carbons (Fsp3) is 0.625. The van der Waals surface area contributed by atoms with Crippen molar-refractivity contribution < 1.29 is 4.74 Å². The molecule has 1 unspecified atom stereocenters. The Labute approximate surface area is 112 Å². The molecule has 102 valence electrons. The van der Waals surface area contributed by atoms with Gasteiger partial charge in [-0.1, -0.05) is 38.0 Å². The molecule has 0 aliphatic carbocycles. The van der Waals surface area contributed by atoms with Crippen LogP contribution < -0.4 is 10.1 Å². The van der Waals surface area contributed by atoms with Gasteiger partial charge in [0.25, 0.3) is 0 Å². The molecule has 1 N–H and O–H groups in total. The third kappa shape index (κ3) is 5.09. The lowest BCUT2D eigenvalue weighted by Crippen LogP contribution is -2.21. The summed E-state index contributed by atoms with van der Waals surface area (Å²) in [6, 6.07) is 8.43. The van der Waals surface area contributed by atoms with Gasteiger partial charge in [-0.15, -0.1) is 0 Å². The van der Waals surface area contributed by atoms with Gasteiger partial charge in [0.1, 0.15) is 5.75 Å². The van der Waals surface area contributed by atoms with Crippen molar-refractivity contribution in [3.8, 4) is 5.75 Å². The summed E-state index contributed by atoms with van der Waals surface area (Å²) in [6.07, 6.45) is 4.98. The van der Waals surface area contributed by atoms with Crippen molar-refractivity contribution in [2.45, 2.75) is 39.5 Å². The summed E-state index contributed by atoms with van der Waals surface area (Å²) in [5, 5.41) is 3.31. The monoisotopic (exact) mass is 249 g/mol. The average Bonchev–Trinajstić information content (AvgIpc) is 2.39. The van der Waals surface area contributed by atoms with Crippen LogP contribution in [0.5, 0.6) is 5.75 Å². The minimum Gasteiger partial charge on any atom is -0.494 e. The minimum atomic E-state index is 0.705. The second-order valence-corrected chi connectivity index (χ2v) is 4.81.